The first-order valence-electron chi connectivity index (χ1n) is 5.11. The van der Waals surface area contributed by atoms with Crippen LogP contribution in [0.1, 0.15) is 11.1 Å². The van der Waals surface area contributed by atoms with Crippen LogP contribution in [0.5, 0.6) is 0 Å². The predicted molar refractivity (Wildman–Crippen MR) is 72.2 cm³/mol. The summed E-state index contributed by atoms with van der Waals surface area (Å²) in [5.74, 6) is 0.819. The fraction of sp³-hybridized carbons (Fsp3) is 0.167. The molecule has 1 aromatic carbocycles. The number of nitrogen functional groups attached to an aromatic ring is 1. The Hall–Kier alpha value is -1.26. The van der Waals surface area contributed by atoms with Crippen LogP contribution in [0, 0.1) is 6.92 Å². The molecule has 0 unspecified atom stereocenters. The highest BCUT2D eigenvalue weighted by atomic mass is 35.5. The quantitative estimate of drug-likeness (QED) is 0.683. The van der Waals surface area contributed by atoms with Gasteiger partial charge in [0.05, 0.1) is 0 Å². The molecule has 0 spiro atoms. The molecule has 5 heteroatoms. The summed E-state index contributed by atoms with van der Waals surface area (Å²) in [5.41, 5.74) is 8.74. The van der Waals surface area contributed by atoms with E-state index in [2.05, 4.69) is 35.1 Å². The Bertz CT molecular complexity index is 531. The number of hydrogen-bond donors (Lipinski definition) is 1. The molecule has 2 rings (SSSR count). The lowest BCUT2D eigenvalue weighted by molar-refractivity contribution is 1.06. The van der Waals surface area contributed by atoms with E-state index >= 15 is 0 Å². The fourth-order valence-electron chi connectivity index (χ4n) is 1.43. The number of nitrogens with two attached hydrogens (primary N) is 1. The van der Waals surface area contributed by atoms with Gasteiger partial charge < -0.3 is 5.73 Å². The molecular formula is C12H12ClN3S. The molecule has 3 nitrogen and oxygen atoms in total. The van der Waals surface area contributed by atoms with Crippen molar-refractivity contribution >= 4 is 29.1 Å². The third kappa shape index (κ3) is 3.11. The average Bonchev–Trinajstić information content (AvgIpc) is 2.31. The molecular weight excluding hydrogens is 254 g/mol. The van der Waals surface area contributed by atoms with Gasteiger partial charge in [-0.15, -0.1) is 0 Å². The smallest absolute Gasteiger partial charge is 0.156 e. The Kier molecular flexibility index (Phi) is 3.86. The summed E-state index contributed by atoms with van der Waals surface area (Å²) in [6.07, 6.45) is 1.43. The third-order valence-electron chi connectivity index (χ3n) is 2.26. The van der Waals surface area contributed by atoms with E-state index in [9.17, 15) is 0 Å². The van der Waals surface area contributed by atoms with Crippen molar-refractivity contribution in [2.75, 3.05) is 5.73 Å². The van der Waals surface area contributed by atoms with Gasteiger partial charge in [0.2, 0.25) is 0 Å². The number of thioether (sulfide) groups is 1. The minimum Gasteiger partial charge on any atom is -0.394 e. The van der Waals surface area contributed by atoms with Crippen LogP contribution in [-0.4, -0.2) is 9.97 Å². The molecule has 88 valence electrons. The van der Waals surface area contributed by atoms with Crippen molar-refractivity contribution in [2.24, 2.45) is 0 Å². The maximum Gasteiger partial charge on any atom is 0.156 e. The molecule has 1 aromatic heterocycles. The molecule has 0 aliphatic heterocycles. The maximum atomic E-state index is 5.83. The number of halogens is 1. The first-order chi connectivity index (χ1) is 8.16. The Labute approximate surface area is 109 Å². The number of aryl methyl sites for hydroxylation is 1. The highest BCUT2D eigenvalue weighted by Gasteiger charge is 2.06. The van der Waals surface area contributed by atoms with Crippen LogP contribution in [0.25, 0.3) is 0 Å². The average molecular weight is 266 g/mol. The van der Waals surface area contributed by atoms with Gasteiger partial charge in [-0.1, -0.05) is 53.2 Å². The minimum absolute atomic E-state index is 0.312. The molecule has 0 bridgehead atoms. The summed E-state index contributed by atoms with van der Waals surface area (Å²) >= 11 is 7.39. The van der Waals surface area contributed by atoms with Crippen molar-refractivity contribution in [3.63, 3.8) is 0 Å². The van der Waals surface area contributed by atoms with Crippen molar-refractivity contribution in [3.8, 4) is 0 Å². The number of rotatable bonds is 3. The van der Waals surface area contributed by atoms with Crippen LogP contribution >= 0.6 is 23.4 Å². The van der Waals surface area contributed by atoms with Gasteiger partial charge in [0.25, 0.3) is 0 Å². The highest BCUT2D eigenvalue weighted by Crippen LogP contribution is 2.29. The topological polar surface area (TPSA) is 51.8 Å². The summed E-state index contributed by atoms with van der Waals surface area (Å²) in [7, 11) is 0. The summed E-state index contributed by atoms with van der Waals surface area (Å²) in [4.78, 5) is 7.94. The zero-order valence-corrected chi connectivity index (χ0v) is 10.9. The van der Waals surface area contributed by atoms with Gasteiger partial charge in [0, 0.05) is 5.75 Å². The Morgan fingerprint density at radius 3 is 2.94 bits per heavy atom. The molecule has 0 aliphatic carbocycles. The summed E-state index contributed by atoms with van der Waals surface area (Å²) in [6, 6.07) is 8.34. The summed E-state index contributed by atoms with van der Waals surface area (Å²) < 4.78 is 0. The van der Waals surface area contributed by atoms with Gasteiger partial charge in [-0.05, 0) is 12.5 Å². The molecule has 0 amide bonds. The molecule has 0 radical (unpaired) electrons. The van der Waals surface area contributed by atoms with Gasteiger partial charge in [0.15, 0.2) is 5.15 Å². The summed E-state index contributed by atoms with van der Waals surface area (Å²) in [5, 5.41) is 1.04. The van der Waals surface area contributed by atoms with E-state index < -0.39 is 0 Å². The SMILES string of the molecule is Cc1cccc(CSc2ncnc(Cl)c2N)c1. The maximum absolute atomic E-state index is 5.83. The van der Waals surface area contributed by atoms with Crippen molar-refractivity contribution in [1.82, 2.24) is 9.97 Å². The number of hydrogen-bond acceptors (Lipinski definition) is 4. The second-order valence-corrected chi connectivity index (χ2v) is 4.98. The van der Waals surface area contributed by atoms with Crippen LogP contribution < -0.4 is 5.73 Å². The first-order valence-corrected chi connectivity index (χ1v) is 6.47. The number of aromatic nitrogens is 2. The Balaban J connectivity index is 2.10. The lowest BCUT2D eigenvalue weighted by Gasteiger charge is -2.05. The first kappa shape index (κ1) is 12.2. The van der Waals surface area contributed by atoms with Crippen LogP contribution in [0.3, 0.4) is 0 Å². The predicted octanol–water partition coefficient (Wildman–Crippen LogP) is 3.31. The Morgan fingerprint density at radius 1 is 1.35 bits per heavy atom. The largest absolute Gasteiger partial charge is 0.394 e. The van der Waals surface area contributed by atoms with Crippen molar-refractivity contribution < 1.29 is 0 Å². The van der Waals surface area contributed by atoms with Gasteiger partial charge in [0.1, 0.15) is 17.0 Å². The number of benzene rings is 1. The second kappa shape index (κ2) is 5.38. The molecule has 2 aromatic rings. The normalized spacial score (nSPS) is 10.5. The van der Waals surface area contributed by atoms with E-state index in [0.717, 1.165) is 10.8 Å². The molecule has 2 N–H and O–H groups in total. The van der Waals surface area contributed by atoms with E-state index in [1.54, 1.807) is 11.8 Å². The van der Waals surface area contributed by atoms with Gasteiger partial charge in [-0.2, -0.15) is 0 Å². The van der Waals surface area contributed by atoms with Crippen molar-refractivity contribution in [2.45, 2.75) is 17.7 Å². The van der Waals surface area contributed by atoms with Crippen molar-refractivity contribution in [1.29, 1.82) is 0 Å². The molecule has 0 saturated heterocycles. The minimum atomic E-state index is 0.312. The van der Waals surface area contributed by atoms with Crippen LogP contribution in [-0.2, 0) is 5.75 Å². The zero-order valence-electron chi connectivity index (χ0n) is 9.35. The van der Waals surface area contributed by atoms with Gasteiger partial charge in [-0.3, -0.25) is 0 Å². The molecule has 1 heterocycles. The van der Waals surface area contributed by atoms with E-state index in [4.69, 9.17) is 17.3 Å². The fourth-order valence-corrected chi connectivity index (χ4v) is 2.47. The van der Waals surface area contributed by atoms with Gasteiger partial charge >= 0.3 is 0 Å². The van der Waals surface area contributed by atoms with Crippen molar-refractivity contribution in [3.05, 3.63) is 46.9 Å². The molecule has 0 atom stereocenters. The van der Waals surface area contributed by atoms with Crippen LogP contribution in [0.2, 0.25) is 5.15 Å². The summed E-state index contributed by atoms with van der Waals surface area (Å²) in [6.45, 7) is 2.07. The Morgan fingerprint density at radius 2 is 2.18 bits per heavy atom. The van der Waals surface area contributed by atoms with Crippen LogP contribution in [0.15, 0.2) is 35.6 Å². The molecule has 0 fully saturated rings. The monoisotopic (exact) mass is 265 g/mol. The van der Waals surface area contributed by atoms with Crippen LogP contribution in [0.4, 0.5) is 5.69 Å². The molecule has 0 aliphatic rings. The lowest BCUT2D eigenvalue weighted by atomic mass is 10.2. The third-order valence-corrected chi connectivity index (χ3v) is 3.63. The highest BCUT2D eigenvalue weighted by molar-refractivity contribution is 7.98. The van der Waals surface area contributed by atoms with Gasteiger partial charge in [-0.25, -0.2) is 9.97 Å². The van der Waals surface area contributed by atoms with E-state index in [0.29, 0.717) is 10.8 Å². The number of anilines is 1. The van der Waals surface area contributed by atoms with E-state index in [1.165, 1.54) is 17.5 Å². The molecule has 0 saturated carbocycles. The molecule has 17 heavy (non-hydrogen) atoms. The standard InChI is InChI=1S/C12H12ClN3S/c1-8-3-2-4-9(5-8)6-17-12-10(14)11(13)15-7-16-12/h2-5,7H,6,14H2,1H3. The number of nitrogens with zero attached hydrogens (tertiary/aromatic N) is 2. The second-order valence-electron chi connectivity index (χ2n) is 3.66. The lowest BCUT2D eigenvalue weighted by Crippen LogP contribution is -1.95. The van der Waals surface area contributed by atoms with E-state index in [1.807, 2.05) is 6.07 Å². The van der Waals surface area contributed by atoms with E-state index in [-0.39, 0.29) is 0 Å². The zero-order chi connectivity index (χ0) is 12.3.